The van der Waals surface area contributed by atoms with Crippen LogP contribution in [0.1, 0.15) is 42.4 Å². The molecule has 5 aromatic rings. The number of anilines is 2. The van der Waals surface area contributed by atoms with E-state index in [1.807, 2.05) is 85.8 Å². The van der Waals surface area contributed by atoms with E-state index in [0.717, 1.165) is 27.6 Å². The van der Waals surface area contributed by atoms with E-state index in [1.54, 1.807) is 56.7 Å². The van der Waals surface area contributed by atoms with Gasteiger partial charge in [-0.1, -0.05) is 84.5 Å². The molecule has 6 atom stereocenters. The minimum atomic E-state index is -1.19. The van der Waals surface area contributed by atoms with Gasteiger partial charge in [0.2, 0.25) is 23.6 Å². The van der Waals surface area contributed by atoms with E-state index in [2.05, 4.69) is 6.08 Å². The van der Waals surface area contributed by atoms with Crippen LogP contribution >= 0.6 is 0 Å². The molecule has 2 aliphatic carbocycles. The van der Waals surface area contributed by atoms with Crippen molar-refractivity contribution in [1.29, 1.82) is 0 Å². The first kappa shape index (κ1) is 35.2. The fourth-order valence-corrected chi connectivity index (χ4v) is 9.89. The highest BCUT2D eigenvalue weighted by atomic mass is 16.5. The van der Waals surface area contributed by atoms with Crippen LogP contribution in [0.15, 0.2) is 121 Å². The van der Waals surface area contributed by atoms with Crippen LogP contribution in [0.5, 0.6) is 17.2 Å². The smallest absolute Gasteiger partial charge is 0.241 e. The molecule has 1 saturated carbocycles. The zero-order valence-electron chi connectivity index (χ0n) is 31.2. The van der Waals surface area contributed by atoms with Crippen molar-refractivity contribution in [3.8, 4) is 17.2 Å². The van der Waals surface area contributed by atoms with Crippen LogP contribution in [-0.4, -0.2) is 43.0 Å². The highest BCUT2D eigenvalue weighted by Crippen LogP contribution is 2.64. The predicted molar refractivity (Wildman–Crippen MR) is 214 cm³/mol. The van der Waals surface area contributed by atoms with E-state index in [4.69, 9.17) is 9.47 Å². The molecule has 9 nitrogen and oxygen atoms in total. The number of para-hydroxylation sites is 1. The second-order valence-electron chi connectivity index (χ2n) is 15.3. The van der Waals surface area contributed by atoms with Crippen molar-refractivity contribution in [3.05, 3.63) is 138 Å². The summed E-state index contributed by atoms with van der Waals surface area (Å²) >= 11 is 0. The third kappa shape index (κ3) is 5.21. The molecule has 280 valence electrons. The van der Waals surface area contributed by atoms with Crippen LogP contribution in [0.2, 0.25) is 0 Å². The third-order valence-electron chi connectivity index (χ3n) is 12.6. The van der Waals surface area contributed by atoms with Crippen LogP contribution in [0.25, 0.3) is 22.9 Å². The van der Waals surface area contributed by atoms with Gasteiger partial charge in [-0.25, -0.2) is 4.90 Å². The number of carbonyl (C=O) groups excluding carboxylic acids is 4. The highest BCUT2D eigenvalue weighted by Gasteiger charge is 2.67. The number of fused-ring (bicyclic) bond motifs is 5. The van der Waals surface area contributed by atoms with Crippen LogP contribution in [0.3, 0.4) is 0 Å². The highest BCUT2D eigenvalue weighted by molar-refractivity contribution is 6.25. The second-order valence-corrected chi connectivity index (χ2v) is 15.3. The Morgan fingerprint density at radius 2 is 1.43 bits per heavy atom. The second kappa shape index (κ2) is 13.4. The molecule has 2 aliphatic heterocycles. The summed E-state index contributed by atoms with van der Waals surface area (Å²) in [5.74, 6) is -2.75. The number of rotatable bonds is 7. The average Bonchev–Trinajstić information content (AvgIpc) is 3.60. The number of phenols is 1. The van der Waals surface area contributed by atoms with Crippen molar-refractivity contribution in [2.45, 2.75) is 25.7 Å². The fourth-order valence-electron chi connectivity index (χ4n) is 9.89. The maximum Gasteiger partial charge on any atom is 0.241 e. The first-order chi connectivity index (χ1) is 27.1. The van der Waals surface area contributed by atoms with E-state index in [1.165, 1.54) is 9.80 Å². The van der Waals surface area contributed by atoms with Crippen molar-refractivity contribution in [2.75, 3.05) is 24.0 Å². The van der Waals surface area contributed by atoms with Crippen LogP contribution in [0.4, 0.5) is 11.4 Å². The number of benzene rings is 5. The third-order valence-corrected chi connectivity index (χ3v) is 12.6. The molecular weight excluding hydrogens is 705 g/mol. The Labute approximate surface area is 324 Å². The van der Waals surface area contributed by atoms with Gasteiger partial charge in [0.1, 0.15) is 17.2 Å². The molecule has 0 radical (unpaired) electrons. The van der Waals surface area contributed by atoms with Gasteiger partial charge in [0.25, 0.3) is 0 Å². The lowest BCUT2D eigenvalue weighted by Crippen LogP contribution is -2.49. The van der Waals surface area contributed by atoms with Gasteiger partial charge in [-0.2, -0.15) is 0 Å². The Kier molecular flexibility index (Phi) is 8.41. The van der Waals surface area contributed by atoms with Crippen molar-refractivity contribution < 1.29 is 33.8 Å². The summed E-state index contributed by atoms with van der Waals surface area (Å²) in [7, 11) is 3.22. The zero-order valence-corrected chi connectivity index (χ0v) is 31.2. The molecule has 0 aromatic heterocycles. The van der Waals surface area contributed by atoms with E-state index in [0.29, 0.717) is 34.7 Å². The number of allylic oxidation sites excluding steroid dienone is 2. The fraction of sp³-hybridized carbons (Fsp3) is 0.234. The maximum absolute atomic E-state index is 14.8. The van der Waals surface area contributed by atoms with Crippen molar-refractivity contribution in [2.24, 2.45) is 29.1 Å². The molecule has 9 rings (SSSR count). The van der Waals surface area contributed by atoms with Crippen molar-refractivity contribution in [3.63, 3.8) is 0 Å². The number of carbonyl (C=O) groups is 4. The van der Waals surface area contributed by atoms with E-state index in [9.17, 15) is 24.3 Å². The lowest BCUT2D eigenvalue weighted by Gasteiger charge is -2.49. The normalized spacial score (nSPS) is 25.7. The quantitative estimate of drug-likeness (QED) is 0.102. The summed E-state index contributed by atoms with van der Waals surface area (Å²) in [5, 5.41) is 12.3. The van der Waals surface area contributed by atoms with Gasteiger partial charge in [-0.05, 0) is 90.7 Å². The minimum absolute atomic E-state index is 0.115. The number of nitrogens with zero attached hydrogens (tertiary/aromatic N) is 2. The molecule has 9 heteroatoms. The number of amides is 4. The summed E-state index contributed by atoms with van der Waals surface area (Å²) < 4.78 is 10.9. The first-order valence-corrected chi connectivity index (χ1v) is 18.9. The zero-order chi connectivity index (χ0) is 38.9. The SMILES string of the molecule is COc1ccc(OC)c(C=Cc2ccc(N3C(=O)[C@H]4[C@H](CC=C5[C@H]4C[C@H]4C(=O)N(c6ccccc6)C(=O)[C@@]4(C)[C@H]5c4ccc(O)c5ccccc45)C3=O)cc2)c1. The Hall–Kier alpha value is -6.48. The standard InChI is InChI=1S/C47H40N2O7/c1-47-38(44(52)49(46(47)54)29-9-5-4-6-10-29)26-37-35(42(47)34-22-23-39(50)33-12-8-7-11-32(33)34)20-21-36-41(37)45(53)48(43(36)51)30-17-14-27(15-18-30)13-16-28-25-31(55-2)19-24-40(28)56-3/h4-20,22-25,36-38,41-42,50H,21,26H2,1-3H3/t36-,37+,38-,41-,42-,47+/m0/s1. The number of hydrogen-bond acceptors (Lipinski definition) is 7. The Bertz CT molecular complexity index is 2510. The monoisotopic (exact) mass is 744 g/mol. The van der Waals surface area contributed by atoms with Crippen LogP contribution in [0, 0.1) is 29.1 Å². The Balaban J connectivity index is 1.09. The summed E-state index contributed by atoms with van der Waals surface area (Å²) in [5.41, 5.74) is 3.20. The van der Waals surface area contributed by atoms with Gasteiger partial charge < -0.3 is 14.6 Å². The maximum atomic E-state index is 14.8. The molecule has 4 aliphatic rings. The molecule has 5 aromatic carbocycles. The molecule has 0 spiro atoms. The molecule has 1 N–H and O–H groups in total. The predicted octanol–water partition coefficient (Wildman–Crippen LogP) is 8.17. The van der Waals surface area contributed by atoms with Crippen LogP contribution in [-0.2, 0) is 19.2 Å². The summed E-state index contributed by atoms with van der Waals surface area (Å²) in [4.78, 5) is 60.9. The number of imide groups is 2. The van der Waals surface area contributed by atoms with E-state index < -0.39 is 35.0 Å². The number of aromatic hydroxyl groups is 1. The molecule has 2 saturated heterocycles. The Morgan fingerprint density at radius 1 is 0.714 bits per heavy atom. The molecular formula is C47H40N2O7. The molecule has 56 heavy (non-hydrogen) atoms. The summed E-state index contributed by atoms with van der Waals surface area (Å²) in [6, 6.07) is 32.8. The molecule has 2 heterocycles. The first-order valence-electron chi connectivity index (χ1n) is 18.9. The Morgan fingerprint density at radius 3 is 2.16 bits per heavy atom. The lowest BCUT2D eigenvalue weighted by molar-refractivity contribution is -0.131. The van der Waals surface area contributed by atoms with E-state index >= 15 is 0 Å². The van der Waals surface area contributed by atoms with Crippen LogP contribution < -0.4 is 19.3 Å². The minimum Gasteiger partial charge on any atom is -0.507 e. The van der Waals surface area contributed by atoms with Crippen molar-refractivity contribution >= 4 is 57.9 Å². The molecule has 4 amide bonds. The van der Waals surface area contributed by atoms with Gasteiger partial charge in [-0.3, -0.25) is 24.1 Å². The van der Waals surface area contributed by atoms with Gasteiger partial charge in [0.15, 0.2) is 0 Å². The largest absolute Gasteiger partial charge is 0.507 e. The lowest BCUT2D eigenvalue weighted by atomic mass is 9.51. The number of phenolic OH excluding ortho intramolecular Hbond substituents is 1. The molecule has 0 unspecified atom stereocenters. The number of hydrogen-bond donors (Lipinski definition) is 1. The number of ether oxygens (including phenoxy) is 2. The van der Waals surface area contributed by atoms with E-state index in [-0.39, 0.29) is 35.8 Å². The molecule has 0 bridgehead atoms. The van der Waals surface area contributed by atoms with Gasteiger partial charge >= 0.3 is 0 Å². The topological polar surface area (TPSA) is 113 Å². The van der Waals surface area contributed by atoms with Gasteiger partial charge in [0.05, 0.1) is 48.8 Å². The summed E-state index contributed by atoms with van der Waals surface area (Å²) in [6.07, 6.45) is 6.49. The molecule has 3 fully saturated rings. The average molecular weight is 745 g/mol. The van der Waals surface area contributed by atoms with Crippen molar-refractivity contribution in [1.82, 2.24) is 0 Å². The number of methoxy groups -OCH3 is 2. The van der Waals surface area contributed by atoms with Gasteiger partial charge in [0, 0.05) is 16.9 Å². The van der Waals surface area contributed by atoms with Gasteiger partial charge in [-0.15, -0.1) is 0 Å². The summed E-state index contributed by atoms with van der Waals surface area (Å²) in [6.45, 7) is 1.88.